The van der Waals surface area contributed by atoms with Crippen molar-refractivity contribution in [3.8, 4) is 0 Å². The van der Waals surface area contributed by atoms with E-state index in [9.17, 15) is 14.7 Å². The maximum atomic E-state index is 12.6. The van der Waals surface area contributed by atoms with E-state index < -0.39 is 16.8 Å². The highest BCUT2D eigenvalue weighted by molar-refractivity contribution is 5.87. The fourth-order valence-corrected chi connectivity index (χ4v) is 5.21. The van der Waals surface area contributed by atoms with Crippen LogP contribution in [0.15, 0.2) is 34.7 Å². The van der Waals surface area contributed by atoms with Crippen molar-refractivity contribution in [3.63, 3.8) is 0 Å². The molecule has 8 nitrogen and oxygen atoms in total. The Bertz CT molecular complexity index is 1050. The Morgan fingerprint density at radius 2 is 1.88 bits per heavy atom. The standard InChI is InChI=1S/C25H33NO7/c1-24(2,3)22-7-15-6-20-21(33-14-25(11-30-4,12-31-5)13-32-20)8-16(15)18-9-19(27)17(23(28)29)10-26(18)22/h8-10,15,22H,6-7,11-14H2,1-5H3,(H,28,29). The summed E-state index contributed by atoms with van der Waals surface area (Å²) in [6, 6.07) is 1.49. The van der Waals surface area contributed by atoms with Gasteiger partial charge in [-0.3, -0.25) is 4.79 Å². The van der Waals surface area contributed by atoms with Crippen molar-refractivity contribution in [2.75, 3.05) is 40.6 Å². The number of carboxylic acid groups (broad SMARTS) is 1. The lowest BCUT2D eigenvalue weighted by atomic mass is 9.72. The molecule has 0 spiro atoms. The molecule has 1 aromatic heterocycles. The van der Waals surface area contributed by atoms with Crippen LogP contribution in [-0.4, -0.2) is 56.3 Å². The average Bonchev–Trinajstić information content (AvgIpc) is 2.91. The van der Waals surface area contributed by atoms with E-state index in [0.717, 1.165) is 23.4 Å². The molecule has 4 rings (SSSR count). The van der Waals surface area contributed by atoms with Gasteiger partial charge in [0.25, 0.3) is 0 Å². The summed E-state index contributed by atoms with van der Waals surface area (Å²) in [5.41, 5.74) is 0.496. The molecule has 0 fully saturated rings. The lowest BCUT2D eigenvalue weighted by molar-refractivity contribution is -0.0562. The van der Waals surface area contributed by atoms with E-state index in [0.29, 0.717) is 38.6 Å². The van der Waals surface area contributed by atoms with Gasteiger partial charge >= 0.3 is 5.97 Å². The zero-order chi connectivity index (χ0) is 24.0. The summed E-state index contributed by atoms with van der Waals surface area (Å²) in [4.78, 5) is 24.3. The van der Waals surface area contributed by atoms with Gasteiger partial charge in [0.2, 0.25) is 0 Å². The number of ether oxygens (including phenoxy) is 4. The van der Waals surface area contributed by atoms with Gasteiger partial charge in [-0.1, -0.05) is 20.8 Å². The predicted octanol–water partition coefficient (Wildman–Crippen LogP) is 3.48. The number of allylic oxidation sites excluding steroid dienone is 3. The quantitative estimate of drug-likeness (QED) is 0.720. The Hall–Kier alpha value is -2.58. The molecule has 0 bridgehead atoms. The normalized spacial score (nSPS) is 23.8. The van der Waals surface area contributed by atoms with Crippen molar-refractivity contribution >= 4 is 11.5 Å². The van der Waals surface area contributed by atoms with Gasteiger partial charge in [0.1, 0.15) is 24.5 Å². The minimum absolute atomic E-state index is 0.0308. The molecular weight excluding hydrogens is 426 g/mol. The van der Waals surface area contributed by atoms with Crippen LogP contribution in [0.4, 0.5) is 0 Å². The fourth-order valence-electron chi connectivity index (χ4n) is 5.21. The van der Waals surface area contributed by atoms with Crippen LogP contribution in [0.2, 0.25) is 0 Å². The van der Waals surface area contributed by atoms with Crippen molar-refractivity contribution in [1.82, 2.24) is 4.57 Å². The molecule has 8 heteroatoms. The van der Waals surface area contributed by atoms with Crippen molar-refractivity contribution in [2.24, 2.45) is 16.7 Å². The number of aromatic nitrogens is 1. The summed E-state index contributed by atoms with van der Waals surface area (Å²) in [6.07, 6.45) is 4.94. The monoisotopic (exact) mass is 459 g/mol. The van der Waals surface area contributed by atoms with E-state index in [1.165, 1.54) is 12.3 Å². The highest BCUT2D eigenvalue weighted by Crippen LogP contribution is 2.50. The third kappa shape index (κ3) is 4.34. The van der Waals surface area contributed by atoms with Gasteiger partial charge in [-0.15, -0.1) is 0 Å². The SMILES string of the molecule is COCC1(COC)COC2=C(CC3CC(C(C)(C)C)n4cc(C(=O)O)c(=O)cc4C3=C2)OC1. The minimum atomic E-state index is -1.21. The summed E-state index contributed by atoms with van der Waals surface area (Å²) in [5, 5.41) is 9.52. The first kappa shape index (κ1) is 23.6. The third-order valence-electron chi connectivity index (χ3n) is 6.87. The van der Waals surface area contributed by atoms with E-state index >= 15 is 0 Å². The Morgan fingerprint density at radius 1 is 1.21 bits per heavy atom. The van der Waals surface area contributed by atoms with Crippen LogP contribution >= 0.6 is 0 Å². The van der Waals surface area contributed by atoms with Gasteiger partial charge in [0, 0.05) is 44.6 Å². The first-order valence-electron chi connectivity index (χ1n) is 11.3. The molecule has 3 aliphatic rings. The van der Waals surface area contributed by atoms with Crippen LogP contribution in [-0.2, 0) is 18.9 Å². The summed E-state index contributed by atoms with van der Waals surface area (Å²) in [6.45, 7) is 8.13. The summed E-state index contributed by atoms with van der Waals surface area (Å²) >= 11 is 0. The number of aromatic carboxylic acids is 1. The van der Waals surface area contributed by atoms with Crippen molar-refractivity contribution in [3.05, 3.63) is 51.3 Å². The van der Waals surface area contributed by atoms with Gasteiger partial charge < -0.3 is 28.6 Å². The predicted molar refractivity (Wildman–Crippen MR) is 122 cm³/mol. The fraction of sp³-hybridized carbons (Fsp3) is 0.600. The number of methoxy groups -OCH3 is 2. The second kappa shape index (κ2) is 8.65. The Balaban J connectivity index is 1.76. The number of fused-ring (bicyclic) bond motifs is 3. The van der Waals surface area contributed by atoms with Gasteiger partial charge in [-0.25, -0.2) is 4.79 Å². The zero-order valence-corrected chi connectivity index (χ0v) is 20.0. The van der Waals surface area contributed by atoms with Gasteiger partial charge in [0.15, 0.2) is 11.2 Å². The lowest BCUT2D eigenvalue weighted by Crippen LogP contribution is -2.39. The van der Waals surface area contributed by atoms with Crippen LogP contribution in [0.1, 0.15) is 55.7 Å². The minimum Gasteiger partial charge on any atom is -0.493 e. The number of nitrogens with zero attached hydrogens (tertiary/aromatic N) is 1. The number of pyridine rings is 1. The Morgan fingerprint density at radius 3 is 2.48 bits per heavy atom. The number of hydrogen-bond acceptors (Lipinski definition) is 6. The maximum absolute atomic E-state index is 12.6. The number of hydrogen-bond donors (Lipinski definition) is 1. The average molecular weight is 460 g/mol. The lowest BCUT2D eigenvalue weighted by Gasteiger charge is -2.43. The highest BCUT2D eigenvalue weighted by Gasteiger charge is 2.42. The van der Waals surface area contributed by atoms with Crippen LogP contribution in [0.25, 0.3) is 5.57 Å². The molecule has 0 radical (unpaired) electrons. The first-order chi connectivity index (χ1) is 15.6. The van der Waals surface area contributed by atoms with Crippen molar-refractivity contribution in [1.29, 1.82) is 0 Å². The second-order valence-corrected chi connectivity index (χ2v) is 10.5. The molecule has 1 aromatic rings. The van der Waals surface area contributed by atoms with Crippen LogP contribution in [0, 0.1) is 16.7 Å². The molecule has 0 saturated heterocycles. The Kier molecular flexibility index (Phi) is 6.18. The van der Waals surface area contributed by atoms with Crippen LogP contribution in [0.3, 0.4) is 0 Å². The molecule has 1 aliphatic carbocycles. The van der Waals surface area contributed by atoms with E-state index in [-0.39, 0.29) is 22.9 Å². The molecular formula is C25H33NO7. The topological polar surface area (TPSA) is 96.2 Å². The van der Waals surface area contributed by atoms with Crippen molar-refractivity contribution in [2.45, 2.75) is 39.7 Å². The summed E-state index contributed by atoms with van der Waals surface area (Å²) in [5.74, 6) is 0.402. The molecule has 3 heterocycles. The number of rotatable bonds is 5. The zero-order valence-electron chi connectivity index (χ0n) is 20.0. The van der Waals surface area contributed by atoms with Crippen molar-refractivity contribution < 1.29 is 28.8 Å². The highest BCUT2D eigenvalue weighted by atomic mass is 16.5. The molecule has 0 amide bonds. The molecule has 0 aromatic carbocycles. The van der Waals surface area contributed by atoms with Gasteiger partial charge in [0.05, 0.1) is 18.6 Å². The largest absolute Gasteiger partial charge is 0.493 e. The van der Waals surface area contributed by atoms with Gasteiger partial charge in [-0.2, -0.15) is 0 Å². The summed E-state index contributed by atoms with van der Waals surface area (Å²) < 4.78 is 25.3. The maximum Gasteiger partial charge on any atom is 0.341 e. The smallest absolute Gasteiger partial charge is 0.341 e. The molecule has 2 atom stereocenters. The molecule has 33 heavy (non-hydrogen) atoms. The number of carboxylic acids is 1. The van der Waals surface area contributed by atoms with E-state index in [1.807, 2.05) is 10.6 Å². The van der Waals surface area contributed by atoms with E-state index in [4.69, 9.17) is 18.9 Å². The molecule has 1 N–H and O–H groups in total. The molecule has 0 saturated carbocycles. The molecule has 2 unspecified atom stereocenters. The van der Waals surface area contributed by atoms with E-state index in [2.05, 4.69) is 20.8 Å². The number of carbonyl (C=O) groups is 1. The molecule has 2 aliphatic heterocycles. The molecule has 180 valence electrons. The van der Waals surface area contributed by atoms with Crippen LogP contribution < -0.4 is 5.43 Å². The first-order valence-corrected chi connectivity index (χ1v) is 11.3. The van der Waals surface area contributed by atoms with E-state index in [1.54, 1.807) is 14.2 Å². The Labute approximate surface area is 193 Å². The summed E-state index contributed by atoms with van der Waals surface area (Å²) in [7, 11) is 3.30. The van der Waals surface area contributed by atoms with Crippen LogP contribution in [0.5, 0.6) is 0 Å². The third-order valence-corrected chi connectivity index (χ3v) is 6.87. The second-order valence-electron chi connectivity index (χ2n) is 10.5. The van der Waals surface area contributed by atoms with Gasteiger partial charge in [-0.05, 0) is 29.4 Å².